The highest BCUT2D eigenvalue weighted by Crippen LogP contribution is 2.27. The highest BCUT2D eigenvalue weighted by Gasteiger charge is 2.37. The summed E-state index contributed by atoms with van der Waals surface area (Å²) >= 11 is 6.42. The molecule has 1 saturated heterocycles. The predicted octanol–water partition coefficient (Wildman–Crippen LogP) is 5.35. The van der Waals surface area contributed by atoms with E-state index in [4.69, 9.17) is 11.6 Å². The topological polar surface area (TPSA) is 66.5 Å². The highest BCUT2D eigenvalue weighted by atomic mass is 35.5. The second-order valence-electron chi connectivity index (χ2n) is 7.91. The van der Waals surface area contributed by atoms with Crippen molar-refractivity contribution in [3.63, 3.8) is 0 Å². The molecule has 1 N–H and O–H groups in total. The molecule has 3 aromatic rings. The normalized spacial score (nSPS) is 15.2. The van der Waals surface area contributed by atoms with Crippen molar-refractivity contribution in [1.29, 1.82) is 0 Å². The standard InChI is InChI=1S/C26H20ClFN2O3/c1-15-6-9-23(16(2)10-15)30-25(32)21(24(31)29-26(30)33)13-18-7-8-19(22(27)14-18)11-17-4-3-5-20(28)12-17/h3-10,12-14H,11H2,1-2H3,(H,29,31,33)/b21-13+. The van der Waals surface area contributed by atoms with Crippen LogP contribution >= 0.6 is 11.6 Å². The Morgan fingerprint density at radius 3 is 2.48 bits per heavy atom. The molecule has 0 saturated carbocycles. The minimum Gasteiger partial charge on any atom is -0.273 e. The molecule has 1 heterocycles. The molecule has 0 aliphatic carbocycles. The number of hydrogen-bond donors (Lipinski definition) is 1. The number of nitrogens with zero attached hydrogens (tertiary/aromatic N) is 1. The fourth-order valence-corrected chi connectivity index (χ4v) is 4.02. The van der Waals surface area contributed by atoms with Crippen molar-refractivity contribution in [2.75, 3.05) is 4.90 Å². The summed E-state index contributed by atoms with van der Waals surface area (Å²) in [6.45, 7) is 3.70. The summed E-state index contributed by atoms with van der Waals surface area (Å²) in [5.74, 6) is -1.81. The summed E-state index contributed by atoms with van der Waals surface area (Å²) in [5, 5.41) is 2.64. The molecule has 0 radical (unpaired) electrons. The Kier molecular flexibility index (Phi) is 6.11. The van der Waals surface area contributed by atoms with Crippen molar-refractivity contribution in [3.8, 4) is 0 Å². The summed E-state index contributed by atoms with van der Waals surface area (Å²) in [6, 6.07) is 15.9. The Labute approximate surface area is 195 Å². The van der Waals surface area contributed by atoms with Crippen LogP contribution in [0.5, 0.6) is 0 Å². The van der Waals surface area contributed by atoms with E-state index in [0.717, 1.165) is 27.2 Å². The Bertz CT molecular complexity index is 1330. The number of urea groups is 1. The number of rotatable bonds is 4. The van der Waals surface area contributed by atoms with Crippen LogP contribution in [0.1, 0.15) is 27.8 Å². The SMILES string of the molecule is Cc1ccc(N2C(=O)NC(=O)/C(=C\c3ccc(Cc4cccc(F)c4)c(Cl)c3)C2=O)c(C)c1. The summed E-state index contributed by atoms with van der Waals surface area (Å²) in [7, 11) is 0. The number of imide groups is 2. The van der Waals surface area contributed by atoms with Crippen LogP contribution in [-0.4, -0.2) is 17.8 Å². The lowest BCUT2D eigenvalue weighted by Crippen LogP contribution is -2.54. The molecule has 1 aliphatic heterocycles. The zero-order valence-electron chi connectivity index (χ0n) is 18.0. The van der Waals surface area contributed by atoms with Gasteiger partial charge in [0.25, 0.3) is 11.8 Å². The van der Waals surface area contributed by atoms with Crippen LogP contribution in [-0.2, 0) is 16.0 Å². The van der Waals surface area contributed by atoms with E-state index in [1.165, 1.54) is 18.2 Å². The Hall–Kier alpha value is -3.77. The molecular weight excluding hydrogens is 443 g/mol. The van der Waals surface area contributed by atoms with Gasteiger partial charge in [-0.25, -0.2) is 14.1 Å². The van der Waals surface area contributed by atoms with Gasteiger partial charge in [-0.3, -0.25) is 14.9 Å². The molecule has 0 unspecified atom stereocenters. The zero-order valence-corrected chi connectivity index (χ0v) is 18.7. The van der Waals surface area contributed by atoms with Crippen LogP contribution in [0, 0.1) is 19.7 Å². The van der Waals surface area contributed by atoms with Crippen molar-refractivity contribution in [3.05, 3.63) is 105 Å². The zero-order chi connectivity index (χ0) is 23.7. The Balaban J connectivity index is 1.64. The molecule has 166 valence electrons. The maximum atomic E-state index is 13.5. The maximum Gasteiger partial charge on any atom is 0.335 e. The average molecular weight is 463 g/mol. The molecule has 0 aromatic heterocycles. The second kappa shape index (κ2) is 9.00. The van der Waals surface area contributed by atoms with Gasteiger partial charge in [0.15, 0.2) is 0 Å². The number of hydrogen-bond acceptors (Lipinski definition) is 3. The average Bonchev–Trinajstić information content (AvgIpc) is 2.74. The predicted molar refractivity (Wildman–Crippen MR) is 126 cm³/mol. The quantitative estimate of drug-likeness (QED) is 0.419. The third-order valence-corrected chi connectivity index (χ3v) is 5.72. The van der Waals surface area contributed by atoms with Crippen LogP contribution in [0.2, 0.25) is 5.02 Å². The largest absolute Gasteiger partial charge is 0.335 e. The van der Waals surface area contributed by atoms with E-state index in [-0.39, 0.29) is 11.4 Å². The number of nitrogens with one attached hydrogen (secondary N) is 1. The number of aryl methyl sites for hydroxylation is 2. The fourth-order valence-electron chi connectivity index (χ4n) is 3.76. The Morgan fingerprint density at radius 1 is 1.00 bits per heavy atom. The van der Waals surface area contributed by atoms with E-state index in [0.29, 0.717) is 22.7 Å². The first-order chi connectivity index (χ1) is 15.7. The lowest BCUT2D eigenvalue weighted by Gasteiger charge is -2.27. The highest BCUT2D eigenvalue weighted by molar-refractivity contribution is 6.39. The van der Waals surface area contributed by atoms with Crippen molar-refractivity contribution in [2.45, 2.75) is 20.3 Å². The Morgan fingerprint density at radius 2 is 1.79 bits per heavy atom. The van der Waals surface area contributed by atoms with Crippen molar-refractivity contribution >= 4 is 41.2 Å². The first-order valence-corrected chi connectivity index (χ1v) is 10.6. The van der Waals surface area contributed by atoms with Gasteiger partial charge in [0.05, 0.1) is 5.69 Å². The van der Waals surface area contributed by atoms with E-state index in [9.17, 15) is 18.8 Å². The third-order valence-electron chi connectivity index (χ3n) is 5.37. The van der Waals surface area contributed by atoms with Gasteiger partial charge in [-0.1, -0.05) is 53.6 Å². The molecular formula is C26H20ClFN2O3. The number of carbonyl (C=O) groups is 3. The van der Waals surface area contributed by atoms with Crippen LogP contribution in [0.3, 0.4) is 0 Å². The smallest absolute Gasteiger partial charge is 0.273 e. The van der Waals surface area contributed by atoms with E-state index in [1.807, 2.05) is 13.0 Å². The molecule has 1 fully saturated rings. The van der Waals surface area contributed by atoms with Gasteiger partial charge in [0, 0.05) is 5.02 Å². The van der Waals surface area contributed by atoms with Crippen molar-refractivity contribution in [1.82, 2.24) is 5.32 Å². The van der Waals surface area contributed by atoms with E-state index in [1.54, 1.807) is 49.4 Å². The summed E-state index contributed by atoms with van der Waals surface area (Å²) in [5.41, 5.74) is 4.02. The number of barbiturate groups is 1. The molecule has 4 amide bonds. The van der Waals surface area contributed by atoms with Crippen LogP contribution in [0.15, 0.2) is 66.2 Å². The number of halogens is 2. The molecule has 3 aromatic carbocycles. The summed E-state index contributed by atoms with van der Waals surface area (Å²) in [6.07, 6.45) is 1.83. The van der Waals surface area contributed by atoms with Gasteiger partial charge in [0.2, 0.25) is 0 Å². The van der Waals surface area contributed by atoms with E-state index < -0.39 is 17.8 Å². The third kappa shape index (κ3) is 4.71. The number of amides is 4. The minimum absolute atomic E-state index is 0.177. The molecule has 1 aliphatic rings. The lowest BCUT2D eigenvalue weighted by atomic mass is 10.0. The minimum atomic E-state index is -0.794. The van der Waals surface area contributed by atoms with Crippen molar-refractivity contribution < 1.29 is 18.8 Å². The monoisotopic (exact) mass is 462 g/mol. The van der Waals surface area contributed by atoms with Gasteiger partial charge < -0.3 is 0 Å². The number of carbonyl (C=O) groups excluding carboxylic acids is 3. The van der Waals surface area contributed by atoms with Gasteiger partial charge in [0.1, 0.15) is 11.4 Å². The number of anilines is 1. The van der Waals surface area contributed by atoms with Crippen LogP contribution < -0.4 is 10.2 Å². The van der Waals surface area contributed by atoms with Gasteiger partial charge in [-0.05, 0) is 72.9 Å². The van der Waals surface area contributed by atoms with Gasteiger partial charge in [-0.15, -0.1) is 0 Å². The number of benzene rings is 3. The first kappa shape index (κ1) is 22.4. The first-order valence-electron chi connectivity index (χ1n) is 10.2. The molecule has 5 nitrogen and oxygen atoms in total. The fraction of sp³-hybridized carbons (Fsp3) is 0.115. The molecule has 7 heteroatoms. The molecule has 0 bridgehead atoms. The van der Waals surface area contributed by atoms with E-state index in [2.05, 4.69) is 5.32 Å². The maximum absolute atomic E-state index is 13.5. The van der Waals surface area contributed by atoms with Gasteiger partial charge in [-0.2, -0.15) is 0 Å². The molecule has 4 rings (SSSR count). The molecule has 33 heavy (non-hydrogen) atoms. The summed E-state index contributed by atoms with van der Waals surface area (Å²) < 4.78 is 13.5. The van der Waals surface area contributed by atoms with Crippen LogP contribution in [0.25, 0.3) is 6.08 Å². The lowest BCUT2D eigenvalue weighted by molar-refractivity contribution is -0.122. The second-order valence-corrected chi connectivity index (χ2v) is 8.31. The molecule has 0 atom stereocenters. The summed E-state index contributed by atoms with van der Waals surface area (Å²) in [4.78, 5) is 39.0. The van der Waals surface area contributed by atoms with Crippen LogP contribution in [0.4, 0.5) is 14.9 Å². The molecule has 0 spiro atoms. The van der Waals surface area contributed by atoms with Gasteiger partial charge >= 0.3 is 6.03 Å². The van der Waals surface area contributed by atoms with E-state index >= 15 is 0 Å². The van der Waals surface area contributed by atoms with Crippen molar-refractivity contribution in [2.24, 2.45) is 0 Å².